The molecule has 2 N–H and O–H groups in total. The molecule has 1 heterocycles. The molecule has 0 bridgehead atoms. The van der Waals surface area contributed by atoms with Gasteiger partial charge in [0.05, 0.1) is 11.9 Å². The van der Waals surface area contributed by atoms with Crippen LogP contribution in [-0.2, 0) is 0 Å². The summed E-state index contributed by atoms with van der Waals surface area (Å²) in [5.41, 5.74) is 1.15. The van der Waals surface area contributed by atoms with E-state index in [0.29, 0.717) is 5.11 Å². The van der Waals surface area contributed by atoms with E-state index >= 15 is 0 Å². The Morgan fingerprint density at radius 1 is 1.47 bits per heavy atom. The van der Waals surface area contributed by atoms with Crippen LogP contribution in [0.3, 0.4) is 0 Å². The number of hydrogen-bond donors (Lipinski definition) is 2. The molecule has 1 aliphatic rings. The Labute approximate surface area is 108 Å². The lowest BCUT2D eigenvalue weighted by molar-refractivity contribution is 0.378. The Hall–Kier alpha value is -1.16. The molecule has 1 aromatic rings. The smallest absolute Gasteiger partial charge is 0.171 e. The highest BCUT2D eigenvalue weighted by Gasteiger charge is 2.32. The topological polar surface area (TPSA) is 37.0 Å². The lowest BCUT2D eigenvalue weighted by Gasteiger charge is -2.30. The largest absolute Gasteiger partial charge is 0.357 e. The molecule has 0 amide bonds. The van der Waals surface area contributed by atoms with Crippen LogP contribution in [0.1, 0.15) is 39.0 Å². The maximum Gasteiger partial charge on any atom is 0.171 e. The van der Waals surface area contributed by atoms with Gasteiger partial charge in [0.15, 0.2) is 5.11 Å². The molecule has 4 heteroatoms. The zero-order valence-electron chi connectivity index (χ0n) is 10.2. The van der Waals surface area contributed by atoms with E-state index < -0.39 is 0 Å². The molecule has 1 saturated carbocycles. The lowest BCUT2D eigenvalue weighted by Crippen LogP contribution is -2.47. The highest BCUT2D eigenvalue weighted by Crippen LogP contribution is 2.32. The number of anilines is 1. The summed E-state index contributed by atoms with van der Waals surface area (Å²) in [5.74, 6) is 0. The predicted molar refractivity (Wildman–Crippen MR) is 75.1 cm³/mol. The maximum atomic E-state index is 5.36. The van der Waals surface area contributed by atoms with E-state index in [1.54, 1.807) is 12.4 Å². The Morgan fingerprint density at radius 3 is 2.82 bits per heavy atom. The predicted octanol–water partition coefficient (Wildman–Crippen LogP) is 3.09. The van der Waals surface area contributed by atoms with Gasteiger partial charge in [-0.15, -0.1) is 0 Å². The molecule has 92 valence electrons. The van der Waals surface area contributed by atoms with E-state index in [9.17, 15) is 0 Å². The summed E-state index contributed by atoms with van der Waals surface area (Å²) < 4.78 is 0. The fourth-order valence-electron chi connectivity index (χ4n) is 2.46. The van der Waals surface area contributed by atoms with E-state index in [-0.39, 0.29) is 5.54 Å². The third kappa shape index (κ3) is 3.16. The first-order chi connectivity index (χ1) is 8.24. The first-order valence-corrected chi connectivity index (χ1v) is 6.64. The van der Waals surface area contributed by atoms with Crippen molar-refractivity contribution in [3.05, 3.63) is 24.5 Å². The Morgan fingerprint density at radius 2 is 2.24 bits per heavy atom. The second-order valence-corrected chi connectivity index (χ2v) is 5.07. The van der Waals surface area contributed by atoms with Gasteiger partial charge in [-0.05, 0) is 43.6 Å². The summed E-state index contributed by atoms with van der Waals surface area (Å²) in [7, 11) is 0. The molecule has 2 rings (SSSR count). The summed E-state index contributed by atoms with van der Waals surface area (Å²) in [4.78, 5) is 4.06. The average molecular weight is 249 g/mol. The van der Waals surface area contributed by atoms with E-state index in [4.69, 9.17) is 12.2 Å². The standard InChI is InChI=1S/C13H19N3S/c1-2-13(7-3-4-8-13)16-12(17)15-11-6-5-9-14-10-11/h5-6,9-10H,2-4,7-8H2,1H3,(H2,15,16,17). The van der Waals surface area contributed by atoms with Crippen LogP contribution in [0.4, 0.5) is 5.69 Å². The maximum absolute atomic E-state index is 5.36. The van der Waals surface area contributed by atoms with Gasteiger partial charge in [0, 0.05) is 11.7 Å². The van der Waals surface area contributed by atoms with Crippen LogP contribution >= 0.6 is 12.2 Å². The second-order valence-electron chi connectivity index (χ2n) is 4.66. The van der Waals surface area contributed by atoms with E-state index in [0.717, 1.165) is 12.1 Å². The Kier molecular flexibility index (Phi) is 3.94. The molecule has 3 nitrogen and oxygen atoms in total. The zero-order chi connectivity index (χ0) is 12.1. The lowest BCUT2D eigenvalue weighted by atomic mass is 9.95. The molecule has 0 aromatic carbocycles. The van der Waals surface area contributed by atoms with Crippen LogP contribution in [0.2, 0.25) is 0 Å². The fourth-order valence-corrected chi connectivity index (χ4v) is 2.79. The van der Waals surface area contributed by atoms with Crippen molar-refractivity contribution >= 4 is 23.0 Å². The van der Waals surface area contributed by atoms with Crippen molar-refractivity contribution in [2.45, 2.75) is 44.6 Å². The Bertz CT molecular complexity index is 372. The summed E-state index contributed by atoms with van der Waals surface area (Å²) in [6.07, 6.45) is 9.71. The number of rotatable bonds is 3. The van der Waals surface area contributed by atoms with Gasteiger partial charge in [-0.25, -0.2) is 0 Å². The van der Waals surface area contributed by atoms with Crippen molar-refractivity contribution in [1.29, 1.82) is 0 Å². The first kappa shape index (κ1) is 12.3. The van der Waals surface area contributed by atoms with E-state index in [1.807, 2.05) is 12.1 Å². The molecule has 1 fully saturated rings. The molecule has 0 saturated heterocycles. The average Bonchev–Trinajstić information content (AvgIpc) is 2.79. The summed E-state index contributed by atoms with van der Waals surface area (Å²) in [5, 5.41) is 7.38. The highest BCUT2D eigenvalue weighted by molar-refractivity contribution is 7.80. The Balaban J connectivity index is 1.93. The van der Waals surface area contributed by atoms with Gasteiger partial charge in [0.2, 0.25) is 0 Å². The monoisotopic (exact) mass is 249 g/mol. The summed E-state index contributed by atoms with van der Waals surface area (Å²) in [6, 6.07) is 3.87. The summed E-state index contributed by atoms with van der Waals surface area (Å²) in [6.45, 7) is 2.23. The zero-order valence-corrected chi connectivity index (χ0v) is 11.0. The number of nitrogens with one attached hydrogen (secondary N) is 2. The molecule has 0 radical (unpaired) electrons. The van der Waals surface area contributed by atoms with Crippen LogP contribution in [0.25, 0.3) is 0 Å². The van der Waals surface area contributed by atoms with Crippen molar-refractivity contribution in [2.75, 3.05) is 5.32 Å². The SMILES string of the molecule is CCC1(NC(=S)Nc2cccnc2)CCCC1. The quantitative estimate of drug-likeness (QED) is 0.807. The minimum Gasteiger partial charge on any atom is -0.357 e. The fraction of sp³-hybridized carbons (Fsp3) is 0.538. The van der Waals surface area contributed by atoms with Gasteiger partial charge in [-0.3, -0.25) is 4.98 Å². The number of nitrogens with zero attached hydrogens (tertiary/aromatic N) is 1. The molecule has 1 aliphatic carbocycles. The molecular weight excluding hydrogens is 230 g/mol. The number of pyridine rings is 1. The molecule has 0 atom stereocenters. The first-order valence-electron chi connectivity index (χ1n) is 6.23. The van der Waals surface area contributed by atoms with E-state index in [1.165, 1.54) is 25.7 Å². The molecule has 0 aliphatic heterocycles. The van der Waals surface area contributed by atoms with Crippen molar-refractivity contribution in [2.24, 2.45) is 0 Å². The molecule has 17 heavy (non-hydrogen) atoms. The third-order valence-electron chi connectivity index (χ3n) is 3.54. The van der Waals surface area contributed by atoms with Crippen molar-refractivity contribution in [3.8, 4) is 0 Å². The summed E-state index contributed by atoms with van der Waals surface area (Å²) >= 11 is 5.36. The minimum absolute atomic E-state index is 0.215. The van der Waals surface area contributed by atoms with Crippen molar-refractivity contribution in [3.63, 3.8) is 0 Å². The molecular formula is C13H19N3S. The van der Waals surface area contributed by atoms with Crippen molar-refractivity contribution < 1.29 is 0 Å². The van der Waals surface area contributed by atoms with Crippen molar-refractivity contribution in [1.82, 2.24) is 10.3 Å². The van der Waals surface area contributed by atoms with Gasteiger partial charge in [0.25, 0.3) is 0 Å². The van der Waals surface area contributed by atoms with Gasteiger partial charge >= 0.3 is 0 Å². The molecule has 1 aromatic heterocycles. The van der Waals surface area contributed by atoms with Gasteiger partial charge in [-0.1, -0.05) is 19.8 Å². The third-order valence-corrected chi connectivity index (χ3v) is 3.74. The van der Waals surface area contributed by atoms with Crippen LogP contribution in [-0.4, -0.2) is 15.6 Å². The highest BCUT2D eigenvalue weighted by atomic mass is 32.1. The molecule has 0 spiro atoms. The van der Waals surface area contributed by atoms with E-state index in [2.05, 4.69) is 22.5 Å². The number of thiocarbonyl (C=S) groups is 1. The van der Waals surface area contributed by atoms with Gasteiger partial charge in [-0.2, -0.15) is 0 Å². The van der Waals surface area contributed by atoms with Crippen LogP contribution < -0.4 is 10.6 Å². The van der Waals surface area contributed by atoms with Crippen LogP contribution in [0.5, 0.6) is 0 Å². The van der Waals surface area contributed by atoms with Crippen LogP contribution in [0.15, 0.2) is 24.5 Å². The van der Waals surface area contributed by atoms with Gasteiger partial charge < -0.3 is 10.6 Å². The van der Waals surface area contributed by atoms with Gasteiger partial charge in [0.1, 0.15) is 0 Å². The number of aromatic nitrogens is 1. The molecule has 0 unspecified atom stereocenters. The second kappa shape index (κ2) is 5.45. The normalized spacial score (nSPS) is 17.7. The minimum atomic E-state index is 0.215. The van der Waals surface area contributed by atoms with Crippen LogP contribution in [0, 0.1) is 0 Å². The number of hydrogen-bond acceptors (Lipinski definition) is 2.